The fraction of sp³-hybridized carbons (Fsp3) is 0.310. The maximum absolute atomic E-state index is 13.9. The number of anilines is 1. The molecule has 10 heteroatoms. The van der Waals surface area contributed by atoms with Gasteiger partial charge in [-0.05, 0) is 67.8 Å². The van der Waals surface area contributed by atoms with Gasteiger partial charge in [0.15, 0.2) is 0 Å². The Morgan fingerprint density at radius 1 is 1.00 bits per heavy atom. The van der Waals surface area contributed by atoms with Crippen LogP contribution in [0.5, 0.6) is 0 Å². The van der Waals surface area contributed by atoms with Crippen molar-refractivity contribution < 1.29 is 22.4 Å². The number of halogens is 2. The molecule has 0 saturated heterocycles. The standard InChI is InChI=1S/C29H33ClFN3O4S/c1-4-17-32-29(36)27(5-2)33(19-22-11-13-24(31)14-12-22)28(35)20-34(25-8-6-7-23(30)18-25)39(37,38)26-15-9-21(3)10-16-26/h6-16,18,27H,4-5,17,19-20H2,1-3H3,(H,32,36). The van der Waals surface area contributed by atoms with Crippen LogP contribution in [0.3, 0.4) is 0 Å². The maximum atomic E-state index is 13.9. The molecule has 1 N–H and O–H groups in total. The summed E-state index contributed by atoms with van der Waals surface area (Å²) in [7, 11) is -4.18. The molecule has 0 bridgehead atoms. The molecule has 1 unspecified atom stereocenters. The lowest BCUT2D eigenvalue weighted by molar-refractivity contribution is -0.140. The summed E-state index contributed by atoms with van der Waals surface area (Å²) in [6, 6.07) is 17.3. The molecule has 0 aromatic heterocycles. The second-order valence-corrected chi connectivity index (χ2v) is 11.5. The Morgan fingerprint density at radius 2 is 1.67 bits per heavy atom. The van der Waals surface area contributed by atoms with E-state index in [1.807, 2.05) is 13.8 Å². The third kappa shape index (κ3) is 7.80. The molecular weight excluding hydrogens is 541 g/mol. The predicted molar refractivity (Wildman–Crippen MR) is 151 cm³/mol. The van der Waals surface area contributed by atoms with Gasteiger partial charge in [-0.2, -0.15) is 0 Å². The van der Waals surface area contributed by atoms with Gasteiger partial charge in [0.1, 0.15) is 18.4 Å². The minimum atomic E-state index is -4.18. The van der Waals surface area contributed by atoms with E-state index < -0.39 is 34.3 Å². The first-order chi connectivity index (χ1) is 18.6. The van der Waals surface area contributed by atoms with Gasteiger partial charge in [-0.3, -0.25) is 13.9 Å². The van der Waals surface area contributed by atoms with Crippen LogP contribution in [0.25, 0.3) is 0 Å². The zero-order chi connectivity index (χ0) is 28.6. The topological polar surface area (TPSA) is 86.8 Å². The van der Waals surface area contributed by atoms with Crippen molar-refractivity contribution in [1.82, 2.24) is 10.2 Å². The normalized spacial score (nSPS) is 12.0. The molecule has 0 fully saturated rings. The third-order valence-corrected chi connectivity index (χ3v) is 8.21. The van der Waals surface area contributed by atoms with Gasteiger partial charge in [-0.15, -0.1) is 0 Å². The number of hydrogen-bond acceptors (Lipinski definition) is 4. The SMILES string of the molecule is CCCNC(=O)C(CC)N(Cc1ccc(F)cc1)C(=O)CN(c1cccc(Cl)c1)S(=O)(=O)c1ccc(C)cc1. The van der Waals surface area contributed by atoms with Crippen molar-refractivity contribution in [3.63, 3.8) is 0 Å². The molecule has 7 nitrogen and oxygen atoms in total. The van der Waals surface area contributed by atoms with Crippen LogP contribution in [0, 0.1) is 12.7 Å². The number of nitrogens with one attached hydrogen (secondary N) is 1. The number of sulfonamides is 1. The van der Waals surface area contributed by atoms with Crippen LogP contribution >= 0.6 is 11.6 Å². The highest BCUT2D eigenvalue weighted by Gasteiger charge is 2.33. The smallest absolute Gasteiger partial charge is 0.264 e. The lowest BCUT2D eigenvalue weighted by Gasteiger charge is -2.33. The lowest BCUT2D eigenvalue weighted by atomic mass is 10.1. The zero-order valence-corrected chi connectivity index (χ0v) is 23.8. The first-order valence-electron chi connectivity index (χ1n) is 12.7. The monoisotopic (exact) mass is 573 g/mol. The van der Waals surface area contributed by atoms with Crippen LogP contribution in [-0.2, 0) is 26.2 Å². The highest BCUT2D eigenvalue weighted by atomic mass is 35.5. The molecule has 0 aliphatic carbocycles. The van der Waals surface area contributed by atoms with Crippen molar-refractivity contribution in [2.75, 3.05) is 17.4 Å². The maximum Gasteiger partial charge on any atom is 0.264 e. The van der Waals surface area contributed by atoms with Crippen molar-refractivity contribution in [3.8, 4) is 0 Å². The average Bonchev–Trinajstić information content (AvgIpc) is 2.91. The Balaban J connectivity index is 2.04. The number of benzene rings is 3. The quantitative estimate of drug-likeness (QED) is 0.318. The van der Waals surface area contributed by atoms with E-state index in [0.29, 0.717) is 30.0 Å². The summed E-state index contributed by atoms with van der Waals surface area (Å²) in [5.74, 6) is -1.36. The van der Waals surface area contributed by atoms with E-state index in [2.05, 4.69) is 5.32 Å². The Labute approximate surface area is 234 Å². The molecule has 0 aliphatic heterocycles. The number of carbonyl (C=O) groups is 2. The van der Waals surface area contributed by atoms with Crippen LogP contribution in [0.4, 0.5) is 10.1 Å². The van der Waals surface area contributed by atoms with Gasteiger partial charge in [0, 0.05) is 18.1 Å². The third-order valence-electron chi connectivity index (χ3n) is 6.19. The van der Waals surface area contributed by atoms with E-state index in [-0.39, 0.29) is 23.0 Å². The molecule has 3 aromatic rings. The Hall–Kier alpha value is -3.43. The average molecular weight is 574 g/mol. The van der Waals surface area contributed by atoms with Gasteiger partial charge in [0.05, 0.1) is 10.6 Å². The predicted octanol–water partition coefficient (Wildman–Crippen LogP) is 5.32. The zero-order valence-electron chi connectivity index (χ0n) is 22.2. The van der Waals surface area contributed by atoms with Gasteiger partial charge in [0.2, 0.25) is 11.8 Å². The van der Waals surface area contributed by atoms with Crippen molar-refractivity contribution in [2.45, 2.75) is 51.1 Å². The molecule has 3 aromatic carbocycles. The molecule has 0 radical (unpaired) electrons. The molecule has 0 heterocycles. The number of hydrogen-bond donors (Lipinski definition) is 1. The molecule has 208 valence electrons. The Kier molecular flexibility index (Phi) is 10.5. The lowest BCUT2D eigenvalue weighted by Crippen LogP contribution is -2.52. The Morgan fingerprint density at radius 3 is 2.26 bits per heavy atom. The summed E-state index contributed by atoms with van der Waals surface area (Å²) in [5, 5.41) is 3.13. The van der Waals surface area contributed by atoms with Crippen LogP contribution in [-0.4, -0.2) is 44.3 Å². The molecule has 0 spiro atoms. The van der Waals surface area contributed by atoms with Gasteiger partial charge in [0.25, 0.3) is 10.0 Å². The van der Waals surface area contributed by atoms with Crippen LogP contribution in [0.2, 0.25) is 5.02 Å². The number of rotatable bonds is 12. The summed E-state index contributed by atoms with van der Waals surface area (Å²) in [6.45, 7) is 5.39. The number of nitrogens with zero attached hydrogens (tertiary/aromatic N) is 2. The molecule has 3 rings (SSSR count). The Bertz CT molecular complexity index is 1380. The number of aryl methyl sites for hydroxylation is 1. The van der Waals surface area contributed by atoms with Crippen LogP contribution in [0.15, 0.2) is 77.7 Å². The van der Waals surface area contributed by atoms with Crippen molar-refractivity contribution in [1.29, 1.82) is 0 Å². The van der Waals surface area contributed by atoms with E-state index in [0.717, 1.165) is 9.87 Å². The highest BCUT2D eigenvalue weighted by Crippen LogP contribution is 2.27. The fourth-order valence-electron chi connectivity index (χ4n) is 4.07. The van der Waals surface area contributed by atoms with E-state index in [1.54, 1.807) is 37.3 Å². The number of amides is 2. The molecule has 1 atom stereocenters. The van der Waals surface area contributed by atoms with E-state index >= 15 is 0 Å². The molecule has 0 saturated carbocycles. The van der Waals surface area contributed by atoms with Gasteiger partial charge in [-0.1, -0.05) is 61.3 Å². The van der Waals surface area contributed by atoms with Gasteiger partial charge >= 0.3 is 0 Å². The highest BCUT2D eigenvalue weighted by molar-refractivity contribution is 7.92. The van der Waals surface area contributed by atoms with Crippen molar-refractivity contribution in [2.24, 2.45) is 0 Å². The van der Waals surface area contributed by atoms with Crippen molar-refractivity contribution >= 4 is 39.1 Å². The molecule has 0 aliphatic rings. The minimum Gasteiger partial charge on any atom is -0.354 e. The second-order valence-electron chi connectivity index (χ2n) is 9.17. The second kappa shape index (κ2) is 13.6. The number of carbonyl (C=O) groups excluding carboxylic acids is 2. The summed E-state index contributed by atoms with van der Waals surface area (Å²) in [4.78, 5) is 28.3. The van der Waals surface area contributed by atoms with Crippen LogP contribution < -0.4 is 9.62 Å². The summed E-state index contributed by atoms with van der Waals surface area (Å²) >= 11 is 6.19. The molecular formula is C29H33ClFN3O4S. The van der Waals surface area contributed by atoms with E-state index in [1.165, 1.54) is 47.4 Å². The van der Waals surface area contributed by atoms with E-state index in [9.17, 15) is 22.4 Å². The molecule has 39 heavy (non-hydrogen) atoms. The fourth-order valence-corrected chi connectivity index (χ4v) is 5.66. The van der Waals surface area contributed by atoms with Gasteiger partial charge < -0.3 is 10.2 Å². The first-order valence-corrected chi connectivity index (χ1v) is 14.5. The summed E-state index contributed by atoms with van der Waals surface area (Å²) in [5.41, 5.74) is 1.69. The summed E-state index contributed by atoms with van der Waals surface area (Å²) in [6.07, 6.45) is 1.01. The first kappa shape index (κ1) is 30.1. The van der Waals surface area contributed by atoms with Crippen molar-refractivity contribution in [3.05, 3.63) is 94.8 Å². The molecule has 2 amide bonds. The minimum absolute atomic E-state index is 0.00880. The van der Waals surface area contributed by atoms with Gasteiger partial charge in [-0.25, -0.2) is 12.8 Å². The largest absolute Gasteiger partial charge is 0.354 e. The summed E-state index contributed by atoms with van der Waals surface area (Å²) < 4.78 is 42.2. The van der Waals surface area contributed by atoms with E-state index in [4.69, 9.17) is 11.6 Å². The van der Waals surface area contributed by atoms with Crippen LogP contribution in [0.1, 0.15) is 37.8 Å².